The van der Waals surface area contributed by atoms with Gasteiger partial charge in [-0.3, -0.25) is 4.57 Å². The number of carbonyl (C=O) groups excluding carboxylic acids is 1. The molecule has 1 aromatic heterocycles. The number of nitrogens with one attached hydrogen (secondary N) is 1. The number of hydrogen-bond donors (Lipinski definition) is 1. The van der Waals surface area contributed by atoms with E-state index in [1.54, 1.807) is 18.2 Å². The highest BCUT2D eigenvalue weighted by molar-refractivity contribution is 9.10. The lowest BCUT2D eigenvalue weighted by Crippen LogP contribution is -2.18. The smallest absolute Gasteiger partial charge is 0.306 e. The fourth-order valence-corrected chi connectivity index (χ4v) is 1.64. The summed E-state index contributed by atoms with van der Waals surface area (Å²) in [5, 5.41) is 11.6. The molecule has 1 N–H and O–H groups in total. The molecule has 0 bridgehead atoms. The van der Waals surface area contributed by atoms with Crippen molar-refractivity contribution >= 4 is 27.6 Å². The van der Waals surface area contributed by atoms with Gasteiger partial charge in [0.1, 0.15) is 12.4 Å². The molecular weight excluding hydrogens is 284 g/mol. The molecule has 1 amide bonds. The Morgan fingerprint density at radius 1 is 1.53 bits per heavy atom. The van der Waals surface area contributed by atoms with Crippen LogP contribution in [0.3, 0.4) is 0 Å². The van der Waals surface area contributed by atoms with Crippen molar-refractivity contribution < 1.29 is 4.79 Å². The van der Waals surface area contributed by atoms with Crippen LogP contribution in [-0.4, -0.2) is 15.6 Å². The van der Waals surface area contributed by atoms with E-state index in [9.17, 15) is 4.79 Å². The van der Waals surface area contributed by atoms with Crippen molar-refractivity contribution in [1.29, 1.82) is 5.26 Å². The van der Waals surface area contributed by atoms with Crippen molar-refractivity contribution in [2.75, 3.05) is 5.32 Å². The molecule has 5 nitrogen and oxygen atoms in total. The van der Waals surface area contributed by atoms with Crippen molar-refractivity contribution in [3.8, 4) is 6.07 Å². The highest BCUT2D eigenvalue weighted by atomic mass is 79.9. The van der Waals surface area contributed by atoms with E-state index in [1.165, 1.54) is 23.3 Å². The minimum Gasteiger partial charge on any atom is -0.306 e. The zero-order valence-electron chi connectivity index (χ0n) is 8.59. The van der Waals surface area contributed by atoms with Crippen LogP contribution in [-0.2, 0) is 0 Å². The largest absolute Gasteiger partial charge is 0.331 e. The molecular formula is C11H7BrN4O. The van der Waals surface area contributed by atoms with E-state index in [2.05, 4.69) is 26.2 Å². The standard InChI is InChI=1S/C11H7BrN4O/c12-9-1-2-10(8(5-9)6-13)15-11(17)16-4-3-14-7-16/h1-5,7H,(H,15,17). The van der Waals surface area contributed by atoms with Crippen molar-refractivity contribution in [1.82, 2.24) is 9.55 Å². The number of amides is 1. The summed E-state index contributed by atoms with van der Waals surface area (Å²) in [7, 11) is 0. The van der Waals surface area contributed by atoms with Gasteiger partial charge < -0.3 is 5.32 Å². The molecule has 0 fully saturated rings. The van der Waals surface area contributed by atoms with E-state index in [0.29, 0.717) is 11.3 Å². The zero-order valence-corrected chi connectivity index (χ0v) is 10.2. The molecule has 0 atom stereocenters. The van der Waals surface area contributed by atoms with Gasteiger partial charge in [-0.1, -0.05) is 15.9 Å². The fraction of sp³-hybridized carbons (Fsp3) is 0. The highest BCUT2D eigenvalue weighted by Gasteiger charge is 2.08. The van der Waals surface area contributed by atoms with Crippen LogP contribution in [0.25, 0.3) is 0 Å². The van der Waals surface area contributed by atoms with Crippen LogP contribution in [0.5, 0.6) is 0 Å². The molecule has 2 rings (SSSR count). The summed E-state index contributed by atoms with van der Waals surface area (Å²) in [6, 6.07) is 6.72. The van der Waals surface area contributed by atoms with Gasteiger partial charge in [-0.2, -0.15) is 5.26 Å². The van der Waals surface area contributed by atoms with Gasteiger partial charge in [0.15, 0.2) is 0 Å². The first kappa shape index (κ1) is 11.4. The minimum absolute atomic E-state index is 0.360. The number of rotatable bonds is 1. The first-order chi connectivity index (χ1) is 8.20. The number of nitriles is 1. The average molecular weight is 291 g/mol. The summed E-state index contributed by atoms with van der Waals surface area (Å²) in [4.78, 5) is 15.5. The number of carbonyl (C=O) groups is 1. The third kappa shape index (κ3) is 2.52. The lowest BCUT2D eigenvalue weighted by molar-refractivity contribution is 0.253. The van der Waals surface area contributed by atoms with E-state index in [1.807, 2.05) is 6.07 Å². The van der Waals surface area contributed by atoms with Crippen molar-refractivity contribution in [3.05, 3.63) is 47.0 Å². The molecule has 0 saturated heterocycles. The number of hydrogen-bond acceptors (Lipinski definition) is 3. The monoisotopic (exact) mass is 290 g/mol. The Morgan fingerprint density at radius 3 is 3.00 bits per heavy atom. The normalized spacial score (nSPS) is 9.65. The summed E-state index contributed by atoms with van der Waals surface area (Å²) < 4.78 is 2.08. The maximum Gasteiger partial charge on any atom is 0.331 e. The third-order valence-corrected chi connectivity index (χ3v) is 2.58. The number of imidazole rings is 1. The summed E-state index contributed by atoms with van der Waals surface area (Å²) in [5.41, 5.74) is 0.863. The molecule has 1 aromatic carbocycles. The van der Waals surface area contributed by atoms with Crippen LogP contribution >= 0.6 is 15.9 Å². The molecule has 2 aromatic rings. The molecule has 0 aliphatic rings. The number of nitrogens with zero attached hydrogens (tertiary/aromatic N) is 3. The predicted molar refractivity (Wildman–Crippen MR) is 65.5 cm³/mol. The SMILES string of the molecule is N#Cc1cc(Br)ccc1NC(=O)n1ccnc1. The van der Waals surface area contributed by atoms with Crippen molar-refractivity contribution in [2.45, 2.75) is 0 Å². The second-order valence-electron chi connectivity index (χ2n) is 3.20. The maximum atomic E-state index is 11.7. The Hall–Kier alpha value is -2.13. The Bertz CT molecular complexity index is 586. The van der Waals surface area contributed by atoms with E-state index in [0.717, 1.165) is 4.47 Å². The van der Waals surface area contributed by atoms with E-state index in [-0.39, 0.29) is 6.03 Å². The molecule has 0 unspecified atom stereocenters. The first-order valence-corrected chi connectivity index (χ1v) is 5.49. The van der Waals surface area contributed by atoms with Crippen LogP contribution in [0.4, 0.5) is 10.5 Å². The topological polar surface area (TPSA) is 70.7 Å². The van der Waals surface area contributed by atoms with E-state index in [4.69, 9.17) is 5.26 Å². The van der Waals surface area contributed by atoms with Crippen molar-refractivity contribution in [3.63, 3.8) is 0 Å². The molecule has 17 heavy (non-hydrogen) atoms. The molecule has 0 saturated carbocycles. The summed E-state index contributed by atoms with van der Waals surface area (Å²) in [6.45, 7) is 0. The minimum atomic E-state index is -0.360. The molecule has 0 aliphatic heterocycles. The second-order valence-corrected chi connectivity index (χ2v) is 4.12. The number of benzene rings is 1. The van der Waals surface area contributed by atoms with Gasteiger partial charge in [-0.05, 0) is 18.2 Å². The van der Waals surface area contributed by atoms with Gasteiger partial charge in [0.2, 0.25) is 0 Å². The summed E-state index contributed by atoms with van der Waals surface area (Å²) >= 11 is 3.26. The molecule has 1 heterocycles. The lowest BCUT2D eigenvalue weighted by atomic mass is 10.2. The lowest BCUT2D eigenvalue weighted by Gasteiger charge is -2.07. The van der Waals surface area contributed by atoms with Crippen LogP contribution in [0.2, 0.25) is 0 Å². The van der Waals surface area contributed by atoms with Gasteiger partial charge in [0.25, 0.3) is 0 Å². The fourth-order valence-electron chi connectivity index (χ4n) is 1.28. The molecule has 0 spiro atoms. The van der Waals surface area contributed by atoms with Crippen LogP contribution in [0.1, 0.15) is 5.56 Å². The average Bonchev–Trinajstić information content (AvgIpc) is 2.85. The molecule has 0 radical (unpaired) electrons. The first-order valence-electron chi connectivity index (χ1n) is 4.69. The Morgan fingerprint density at radius 2 is 2.35 bits per heavy atom. The van der Waals surface area contributed by atoms with Gasteiger partial charge >= 0.3 is 6.03 Å². The summed E-state index contributed by atoms with van der Waals surface area (Å²) in [6.07, 6.45) is 4.42. The number of aromatic nitrogens is 2. The molecule has 0 aliphatic carbocycles. The van der Waals surface area contributed by atoms with Gasteiger partial charge in [0.05, 0.1) is 11.3 Å². The van der Waals surface area contributed by atoms with Gasteiger partial charge in [-0.25, -0.2) is 9.78 Å². The van der Waals surface area contributed by atoms with Gasteiger partial charge in [0, 0.05) is 16.9 Å². The maximum absolute atomic E-state index is 11.7. The number of halogens is 1. The third-order valence-electron chi connectivity index (χ3n) is 2.08. The van der Waals surface area contributed by atoms with Gasteiger partial charge in [-0.15, -0.1) is 0 Å². The molecule has 84 valence electrons. The Kier molecular flexibility index (Phi) is 3.21. The summed E-state index contributed by atoms with van der Waals surface area (Å²) in [5.74, 6) is 0. The van der Waals surface area contributed by atoms with Crippen molar-refractivity contribution in [2.24, 2.45) is 0 Å². The number of anilines is 1. The highest BCUT2D eigenvalue weighted by Crippen LogP contribution is 2.20. The molecule has 6 heteroatoms. The van der Waals surface area contributed by atoms with E-state index >= 15 is 0 Å². The predicted octanol–water partition coefficient (Wildman–Crippen LogP) is 2.60. The van der Waals surface area contributed by atoms with Crippen LogP contribution in [0.15, 0.2) is 41.4 Å². The van der Waals surface area contributed by atoms with Crippen LogP contribution < -0.4 is 5.32 Å². The Balaban J connectivity index is 2.25. The quantitative estimate of drug-likeness (QED) is 0.877. The van der Waals surface area contributed by atoms with Crippen LogP contribution in [0, 0.1) is 11.3 Å². The second kappa shape index (κ2) is 4.80. The zero-order chi connectivity index (χ0) is 12.3. The van der Waals surface area contributed by atoms with E-state index < -0.39 is 0 Å². The Labute approximate surface area is 106 Å².